The van der Waals surface area contributed by atoms with Crippen LogP contribution in [0, 0.1) is 0 Å². The van der Waals surface area contributed by atoms with Crippen molar-refractivity contribution in [3.63, 3.8) is 0 Å². The molecule has 1 N–H and O–H groups in total. The zero-order valence-corrected chi connectivity index (χ0v) is 20.0. The summed E-state index contributed by atoms with van der Waals surface area (Å²) in [6.45, 7) is 3.79. The van der Waals surface area contributed by atoms with E-state index in [1.54, 1.807) is 20.8 Å². The minimum atomic E-state index is -1.28. The third kappa shape index (κ3) is 7.50. The van der Waals surface area contributed by atoms with Gasteiger partial charge in [0.15, 0.2) is 30.5 Å². The van der Waals surface area contributed by atoms with Gasteiger partial charge in [-0.1, -0.05) is 23.2 Å². The van der Waals surface area contributed by atoms with Crippen LogP contribution in [0.5, 0.6) is 17.2 Å². The molecular formula is C22H23Cl2NO8. The summed E-state index contributed by atoms with van der Waals surface area (Å²) >= 11 is 12.2. The highest BCUT2D eigenvalue weighted by molar-refractivity contribution is 6.36. The molecule has 0 aliphatic carbocycles. The number of esters is 1. The van der Waals surface area contributed by atoms with Crippen molar-refractivity contribution in [3.05, 3.63) is 45.7 Å². The smallest absolute Gasteiger partial charge is 0.344 e. The molecule has 0 saturated carbocycles. The van der Waals surface area contributed by atoms with E-state index in [9.17, 15) is 14.4 Å². The molecule has 0 radical (unpaired) electrons. The summed E-state index contributed by atoms with van der Waals surface area (Å²) in [5.74, 6) is -2.66. The maximum atomic E-state index is 13.1. The van der Waals surface area contributed by atoms with Gasteiger partial charge >= 0.3 is 11.9 Å². The van der Waals surface area contributed by atoms with Gasteiger partial charge in [0.25, 0.3) is 0 Å². The first-order chi connectivity index (χ1) is 15.4. The number of pyridine rings is 1. The number of carbonyl (C=O) groups excluding carboxylic acids is 2. The first-order valence-electron chi connectivity index (χ1n) is 9.64. The Kier molecular flexibility index (Phi) is 8.90. The number of hydrogen-bond acceptors (Lipinski definition) is 8. The molecule has 0 aliphatic heterocycles. The average molecular weight is 500 g/mol. The predicted molar refractivity (Wildman–Crippen MR) is 120 cm³/mol. The highest BCUT2D eigenvalue weighted by atomic mass is 35.5. The SMILES string of the molecule is COc1ccc(C(=O)Cc2c(Cl)cncc2Cl)c(OCC(=O)O)c1OCC(=O)OC(C)(C)C. The highest BCUT2D eigenvalue weighted by Gasteiger charge is 2.25. The van der Waals surface area contributed by atoms with Crippen LogP contribution >= 0.6 is 23.2 Å². The van der Waals surface area contributed by atoms with Crippen molar-refractivity contribution in [1.29, 1.82) is 0 Å². The second-order valence-corrected chi connectivity index (χ2v) is 8.53. The van der Waals surface area contributed by atoms with Crippen LogP contribution in [0.4, 0.5) is 0 Å². The van der Waals surface area contributed by atoms with Crippen molar-refractivity contribution >= 4 is 40.9 Å². The molecule has 0 bridgehead atoms. The Morgan fingerprint density at radius 2 is 1.61 bits per heavy atom. The second kappa shape index (κ2) is 11.2. The van der Waals surface area contributed by atoms with Gasteiger partial charge in [-0.2, -0.15) is 0 Å². The van der Waals surface area contributed by atoms with Gasteiger partial charge in [-0.3, -0.25) is 9.78 Å². The van der Waals surface area contributed by atoms with E-state index >= 15 is 0 Å². The highest BCUT2D eigenvalue weighted by Crippen LogP contribution is 2.41. The Balaban J connectivity index is 2.45. The maximum Gasteiger partial charge on any atom is 0.344 e. The van der Waals surface area contributed by atoms with Crippen LogP contribution in [0.25, 0.3) is 0 Å². The lowest BCUT2D eigenvalue weighted by Crippen LogP contribution is -2.27. The molecule has 178 valence electrons. The second-order valence-electron chi connectivity index (χ2n) is 7.71. The van der Waals surface area contributed by atoms with Gasteiger partial charge in [-0.25, -0.2) is 9.59 Å². The lowest BCUT2D eigenvalue weighted by molar-refractivity contribution is -0.157. The Hall–Kier alpha value is -3.04. The number of carboxylic acids is 1. The van der Waals surface area contributed by atoms with Crippen LogP contribution < -0.4 is 14.2 Å². The van der Waals surface area contributed by atoms with E-state index in [0.29, 0.717) is 5.56 Å². The van der Waals surface area contributed by atoms with Crippen LogP contribution in [-0.4, -0.2) is 53.7 Å². The first-order valence-corrected chi connectivity index (χ1v) is 10.4. The summed E-state index contributed by atoms with van der Waals surface area (Å²) in [4.78, 5) is 40.2. The number of nitrogens with zero attached hydrogens (tertiary/aromatic N) is 1. The van der Waals surface area contributed by atoms with Gasteiger partial charge in [-0.05, 0) is 32.9 Å². The number of methoxy groups -OCH3 is 1. The minimum absolute atomic E-state index is 0.0137. The molecule has 0 atom stereocenters. The van der Waals surface area contributed by atoms with Crippen molar-refractivity contribution in [2.45, 2.75) is 32.8 Å². The standard InChI is InChI=1S/C22H23Cl2NO8/c1-22(2,3)33-19(29)11-32-21-17(30-4)6-5-12(20(21)31-10-18(27)28)16(26)7-13-14(23)8-25-9-15(13)24/h5-6,8-9H,7,10-11H2,1-4H3,(H,27,28). The topological polar surface area (TPSA) is 121 Å². The van der Waals surface area contributed by atoms with E-state index in [1.807, 2.05) is 0 Å². The minimum Gasteiger partial charge on any atom is -0.493 e. The Morgan fingerprint density at radius 1 is 1.00 bits per heavy atom. The quantitative estimate of drug-likeness (QED) is 0.381. The molecule has 0 aliphatic rings. The molecule has 0 spiro atoms. The molecule has 9 nitrogen and oxygen atoms in total. The van der Waals surface area contributed by atoms with Crippen LogP contribution in [0.15, 0.2) is 24.5 Å². The number of benzene rings is 1. The molecule has 11 heteroatoms. The van der Waals surface area contributed by atoms with Gasteiger partial charge < -0.3 is 24.1 Å². The van der Waals surface area contributed by atoms with Crippen molar-refractivity contribution in [1.82, 2.24) is 4.98 Å². The molecular weight excluding hydrogens is 477 g/mol. The van der Waals surface area contributed by atoms with Crippen LogP contribution in [0.2, 0.25) is 10.0 Å². The number of rotatable bonds is 10. The van der Waals surface area contributed by atoms with Crippen LogP contribution in [-0.2, 0) is 20.7 Å². The summed E-state index contributed by atoms with van der Waals surface area (Å²) in [7, 11) is 1.34. The third-order valence-corrected chi connectivity index (χ3v) is 4.63. The summed E-state index contributed by atoms with van der Waals surface area (Å²) < 4.78 is 21.4. The number of carbonyl (C=O) groups is 3. The summed E-state index contributed by atoms with van der Waals surface area (Å²) in [6.07, 6.45) is 2.48. The van der Waals surface area contributed by atoms with Gasteiger partial charge in [0.1, 0.15) is 5.60 Å². The van der Waals surface area contributed by atoms with Gasteiger partial charge in [0.2, 0.25) is 5.75 Å². The number of carboxylic acid groups (broad SMARTS) is 1. The molecule has 1 heterocycles. The Morgan fingerprint density at radius 3 is 2.15 bits per heavy atom. The number of halogens is 2. The number of aliphatic carboxylic acids is 1. The number of hydrogen-bond donors (Lipinski definition) is 1. The van der Waals surface area contributed by atoms with Crippen molar-refractivity contribution in [3.8, 4) is 17.2 Å². The number of ether oxygens (including phenoxy) is 4. The van der Waals surface area contributed by atoms with Crippen LogP contribution in [0.1, 0.15) is 36.7 Å². The van der Waals surface area contributed by atoms with E-state index in [-0.39, 0.29) is 39.3 Å². The predicted octanol–water partition coefficient (Wildman–Crippen LogP) is 4.01. The molecule has 0 saturated heterocycles. The molecule has 2 rings (SSSR count). The molecule has 2 aromatic rings. The fourth-order valence-electron chi connectivity index (χ4n) is 2.70. The summed E-state index contributed by atoms with van der Waals surface area (Å²) in [6, 6.07) is 2.82. The Bertz CT molecular complexity index is 1030. The molecule has 1 aromatic carbocycles. The number of aromatic nitrogens is 1. The average Bonchev–Trinajstić information content (AvgIpc) is 2.71. The zero-order chi connectivity index (χ0) is 24.8. The fraction of sp³-hybridized carbons (Fsp3) is 0.364. The first kappa shape index (κ1) is 26.2. The van der Waals surface area contributed by atoms with Crippen molar-refractivity contribution in [2.24, 2.45) is 0 Å². The van der Waals surface area contributed by atoms with E-state index in [0.717, 1.165) is 0 Å². The van der Waals surface area contributed by atoms with Crippen molar-refractivity contribution < 1.29 is 38.4 Å². The van der Waals surface area contributed by atoms with Gasteiger partial charge in [-0.15, -0.1) is 0 Å². The van der Waals surface area contributed by atoms with E-state index in [1.165, 1.54) is 31.6 Å². The molecule has 33 heavy (non-hydrogen) atoms. The van der Waals surface area contributed by atoms with E-state index in [4.69, 9.17) is 47.3 Å². The monoisotopic (exact) mass is 499 g/mol. The van der Waals surface area contributed by atoms with Crippen LogP contribution in [0.3, 0.4) is 0 Å². The van der Waals surface area contributed by atoms with E-state index < -0.39 is 36.5 Å². The lowest BCUT2D eigenvalue weighted by atomic mass is 10.0. The summed E-state index contributed by atoms with van der Waals surface area (Å²) in [5, 5.41) is 9.46. The third-order valence-electron chi connectivity index (χ3n) is 3.98. The number of Topliss-reactive ketones (excluding diaryl/α,β-unsaturated/α-hetero) is 1. The van der Waals surface area contributed by atoms with Gasteiger partial charge in [0.05, 0.1) is 22.7 Å². The molecule has 0 unspecified atom stereocenters. The van der Waals surface area contributed by atoms with Crippen molar-refractivity contribution in [2.75, 3.05) is 20.3 Å². The number of ketones is 1. The molecule has 0 amide bonds. The lowest BCUT2D eigenvalue weighted by Gasteiger charge is -2.21. The van der Waals surface area contributed by atoms with Gasteiger partial charge in [0, 0.05) is 24.4 Å². The zero-order valence-electron chi connectivity index (χ0n) is 18.4. The maximum absolute atomic E-state index is 13.1. The fourth-order valence-corrected chi connectivity index (χ4v) is 3.20. The molecule has 1 aromatic heterocycles. The normalized spacial score (nSPS) is 11.0. The Labute approximate surface area is 200 Å². The largest absolute Gasteiger partial charge is 0.493 e. The molecule has 0 fully saturated rings. The summed E-state index contributed by atoms with van der Waals surface area (Å²) in [5.41, 5.74) is -0.414. The van der Waals surface area contributed by atoms with E-state index in [2.05, 4.69) is 4.98 Å².